The second-order valence-electron chi connectivity index (χ2n) is 5.82. The summed E-state index contributed by atoms with van der Waals surface area (Å²) >= 11 is 6.19. The Kier molecular flexibility index (Phi) is 4.68. The molecule has 8 heteroatoms. The van der Waals surface area contributed by atoms with Crippen LogP contribution in [-0.4, -0.2) is 29.7 Å². The normalized spacial score (nSPS) is 19.7. The number of nitrogens with zero attached hydrogens (tertiary/aromatic N) is 1. The van der Waals surface area contributed by atoms with Crippen LogP contribution in [0.15, 0.2) is 60.8 Å². The average Bonchev–Trinajstić information content (AvgIpc) is 2.99. The summed E-state index contributed by atoms with van der Waals surface area (Å²) in [6.45, 7) is 0. The van der Waals surface area contributed by atoms with Crippen LogP contribution in [0.3, 0.4) is 0 Å². The topological polar surface area (TPSA) is 44.4 Å². The summed E-state index contributed by atoms with van der Waals surface area (Å²) < 4.78 is 40.8. The van der Waals surface area contributed by atoms with Crippen molar-refractivity contribution in [2.45, 2.75) is 11.7 Å². The molecule has 0 fully saturated rings. The molecule has 1 unspecified atom stereocenters. The summed E-state index contributed by atoms with van der Waals surface area (Å²) in [4.78, 5) is 12.6. The summed E-state index contributed by atoms with van der Waals surface area (Å²) in [5.74, 6) is -1.23. The zero-order valence-electron chi connectivity index (χ0n) is 13.6. The van der Waals surface area contributed by atoms with Gasteiger partial charge in [0.15, 0.2) is 0 Å². The molecule has 1 atom stereocenters. The molecule has 1 aliphatic rings. The molecule has 2 aromatic rings. The third-order valence-corrected chi connectivity index (χ3v) is 4.38. The summed E-state index contributed by atoms with van der Waals surface area (Å²) in [6.07, 6.45) is -2.87. The predicted molar refractivity (Wildman–Crippen MR) is 94.3 cm³/mol. The fourth-order valence-corrected chi connectivity index (χ4v) is 2.95. The number of rotatable bonds is 3. The van der Waals surface area contributed by atoms with Crippen LogP contribution >= 0.6 is 11.6 Å². The van der Waals surface area contributed by atoms with Gasteiger partial charge in [0, 0.05) is 35.1 Å². The number of para-hydroxylation sites is 1. The van der Waals surface area contributed by atoms with Crippen molar-refractivity contribution in [3.05, 3.63) is 65.8 Å². The number of anilines is 1. The van der Waals surface area contributed by atoms with Crippen LogP contribution in [0.2, 0.25) is 5.02 Å². The number of benzene rings is 2. The van der Waals surface area contributed by atoms with E-state index >= 15 is 0 Å². The van der Waals surface area contributed by atoms with Crippen LogP contribution < -0.4 is 10.7 Å². The molecule has 0 saturated carbocycles. The molecule has 1 amide bonds. The largest absolute Gasteiger partial charge is 0.421 e. The Labute approximate surface area is 153 Å². The Bertz CT molecular complexity index is 869. The SMILES string of the molecule is CN1C=CC(C(=O)Nc2ccccc2-c2ccccc2Cl)(C(F)(F)F)N1. The first-order chi connectivity index (χ1) is 12.2. The second kappa shape index (κ2) is 6.66. The Hall–Kier alpha value is -2.51. The van der Waals surface area contributed by atoms with Gasteiger partial charge in [-0.1, -0.05) is 48.0 Å². The first kappa shape index (κ1) is 18.3. The number of hydrogen-bond donors (Lipinski definition) is 2. The molecule has 0 aliphatic carbocycles. The average molecular weight is 382 g/mol. The minimum absolute atomic E-state index is 0.235. The number of nitrogens with one attached hydrogen (secondary N) is 2. The zero-order valence-corrected chi connectivity index (χ0v) is 14.4. The number of hydrogen-bond acceptors (Lipinski definition) is 3. The highest BCUT2D eigenvalue weighted by molar-refractivity contribution is 6.33. The van der Waals surface area contributed by atoms with E-state index in [1.165, 1.54) is 13.1 Å². The molecule has 136 valence electrons. The maximum atomic E-state index is 13.6. The fraction of sp³-hybridized carbons (Fsp3) is 0.167. The Morgan fingerprint density at radius 1 is 1.12 bits per heavy atom. The Morgan fingerprint density at radius 2 is 1.73 bits per heavy atom. The van der Waals surface area contributed by atoms with Crippen molar-refractivity contribution in [3.63, 3.8) is 0 Å². The molecule has 0 aromatic heterocycles. The van der Waals surface area contributed by atoms with Crippen LogP contribution in [0.5, 0.6) is 0 Å². The molecule has 1 aliphatic heterocycles. The number of carbonyl (C=O) groups is 1. The Morgan fingerprint density at radius 3 is 2.31 bits per heavy atom. The first-order valence-electron chi connectivity index (χ1n) is 7.67. The number of halogens is 4. The lowest BCUT2D eigenvalue weighted by atomic mass is 9.98. The van der Waals surface area contributed by atoms with E-state index in [1.807, 2.05) is 0 Å². The van der Waals surface area contributed by atoms with Gasteiger partial charge < -0.3 is 10.3 Å². The van der Waals surface area contributed by atoms with Gasteiger partial charge in [0.05, 0.1) is 0 Å². The third kappa shape index (κ3) is 3.15. The molecule has 4 nitrogen and oxygen atoms in total. The molecule has 0 radical (unpaired) electrons. The molecule has 2 N–H and O–H groups in total. The van der Waals surface area contributed by atoms with E-state index in [-0.39, 0.29) is 5.69 Å². The molecular formula is C18H15ClF3N3O. The van der Waals surface area contributed by atoms with E-state index in [1.54, 1.807) is 42.5 Å². The van der Waals surface area contributed by atoms with Crippen molar-refractivity contribution in [2.75, 3.05) is 12.4 Å². The van der Waals surface area contributed by atoms with Gasteiger partial charge in [0.2, 0.25) is 5.54 Å². The maximum Gasteiger partial charge on any atom is 0.421 e. The summed E-state index contributed by atoms with van der Waals surface area (Å²) in [7, 11) is 1.38. The monoisotopic (exact) mass is 381 g/mol. The van der Waals surface area contributed by atoms with Crippen molar-refractivity contribution in [2.24, 2.45) is 0 Å². The van der Waals surface area contributed by atoms with Gasteiger partial charge >= 0.3 is 6.18 Å². The van der Waals surface area contributed by atoms with Gasteiger partial charge in [0.25, 0.3) is 5.91 Å². The number of amides is 1. The van der Waals surface area contributed by atoms with Crippen LogP contribution in [0, 0.1) is 0 Å². The molecule has 1 heterocycles. The second-order valence-corrected chi connectivity index (χ2v) is 6.23. The van der Waals surface area contributed by atoms with Crippen molar-refractivity contribution < 1.29 is 18.0 Å². The zero-order chi connectivity index (χ0) is 18.9. The van der Waals surface area contributed by atoms with Crippen molar-refractivity contribution in [1.82, 2.24) is 10.4 Å². The van der Waals surface area contributed by atoms with E-state index in [0.717, 1.165) is 17.3 Å². The molecule has 26 heavy (non-hydrogen) atoms. The Balaban J connectivity index is 1.99. The lowest BCUT2D eigenvalue weighted by Crippen LogP contribution is -2.63. The molecular weight excluding hydrogens is 367 g/mol. The molecule has 0 saturated heterocycles. The van der Waals surface area contributed by atoms with Crippen molar-refractivity contribution >= 4 is 23.2 Å². The highest BCUT2D eigenvalue weighted by Gasteiger charge is 2.61. The molecule has 2 aromatic carbocycles. The van der Waals surface area contributed by atoms with Gasteiger partial charge in [0.1, 0.15) is 0 Å². The standard InChI is InChI=1S/C18H15ClF3N3O/c1-25-11-10-17(24-25,18(20,21)22)16(26)23-15-9-5-3-7-13(15)12-6-2-4-8-14(12)19/h2-11,24H,1H3,(H,23,26). The van der Waals surface area contributed by atoms with E-state index in [2.05, 4.69) is 10.7 Å². The summed E-state index contributed by atoms with van der Waals surface area (Å²) in [5.41, 5.74) is 0.691. The van der Waals surface area contributed by atoms with Crippen molar-refractivity contribution in [3.8, 4) is 11.1 Å². The lowest BCUT2D eigenvalue weighted by molar-refractivity contribution is -0.189. The van der Waals surface area contributed by atoms with E-state index in [0.29, 0.717) is 16.1 Å². The quantitative estimate of drug-likeness (QED) is 0.837. The maximum absolute atomic E-state index is 13.6. The summed E-state index contributed by atoms with van der Waals surface area (Å²) in [5, 5.41) is 3.91. The van der Waals surface area contributed by atoms with Gasteiger partial charge in [-0.3, -0.25) is 4.79 Å². The van der Waals surface area contributed by atoms with Crippen LogP contribution in [0.25, 0.3) is 11.1 Å². The predicted octanol–water partition coefficient (Wildman–Crippen LogP) is 4.21. The molecule has 3 rings (SSSR count). The van der Waals surface area contributed by atoms with Crippen molar-refractivity contribution in [1.29, 1.82) is 0 Å². The molecule has 0 spiro atoms. The van der Waals surface area contributed by atoms with Crippen LogP contribution in [0.4, 0.5) is 18.9 Å². The minimum atomic E-state index is -4.82. The smallest absolute Gasteiger partial charge is 0.323 e. The summed E-state index contributed by atoms with van der Waals surface area (Å²) in [6, 6.07) is 13.5. The number of alkyl halides is 3. The third-order valence-electron chi connectivity index (χ3n) is 4.05. The molecule has 0 bridgehead atoms. The van der Waals surface area contributed by atoms with E-state index in [4.69, 9.17) is 11.6 Å². The van der Waals surface area contributed by atoms with Gasteiger partial charge in [-0.05, 0) is 18.2 Å². The lowest BCUT2D eigenvalue weighted by Gasteiger charge is -2.31. The van der Waals surface area contributed by atoms with Crippen LogP contribution in [-0.2, 0) is 4.79 Å². The number of hydrazine groups is 1. The van der Waals surface area contributed by atoms with Gasteiger partial charge in [-0.15, -0.1) is 0 Å². The minimum Gasteiger partial charge on any atom is -0.323 e. The highest BCUT2D eigenvalue weighted by Crippen LogP contribution is 2.37. The van der Waals surface area contributed by atoms with E-state index < -0.39 is 17.6 Å². The fourth-order valence-electron chi connectivity index (χ4n) is 2.72. The van der Waals surface area contributed by atoms with Crippen LogP contribution in [0.1, 0.15) is 0 Å². The van der Waals surface area contributed by atoms with Gasteiger partial charge in [-0.2, -0.15) is 13.2 Å². The first-order valence-corrected chi connectivity index (χ1v) is 8.04. The van der Waals surface area contributed by atoms with E-state index in [9.17, 15) is 18.0 Å². The van der Waals surface area contributed by atoms with Gasteiger partial charge in [-0.25, -0.2) is 5.43 Å². The highest BCUT2D eigenvalue weighted by atomic mass is 35.5. The number of carbonyl (C=O) groups excluding carboxylic acids is 1.